The number of fused-ring (bicyclic) bond motifs is 1. The van der Waals surface area contributed by atoms with E-state index in [1.807, 2.05) is 0 Å². The van der Waals surface area contributed by atoms with Crippen molar-refractivity contribution in [1.82, 2.24) is 4.98 Å². The van der Waals surface area contributed by atoms with Crippen LogP contribution in [-0.4, -0.2) is 34.3 Å². The van der Waals surface area contributed by atoms with Crippen molar-refractivity contribution in [3.05, 3.63) is 41.0 Å². The van der Waals surface area contributed by atoms with Gasteiger partial charge in [-0.1, -0.05) is 23.7 Å². The summed E-state index contributed by atoms with van der Waals surface area (Å²) in [5.41, 5.74) is 5.37. The lowest BCUT2D eigenvalue weighted by Gasteiger charge is -2.00. The lowest BCUT2D eigenvalue weighted by molar-refractivity contribution is 0.0699. The summed E-state index contributed by atoms with van der Waals surface area (Å²) in [6.07, 6.45) is 0. The molecule has 0 bridgehead atoms. The number of carboxylic acids is 1. The Balaban J connectivity index is 0.000000357. The van der Waals surface area contributed by atoms with Gasteiger partial charge in [-0.25, -0.2) is 9.78 Å². The first-order chi connectivity index (χ1) is 8.60. The third-order valence-corrected chi connectivity index (χ3v) is 2.26. The van der Waals surface area contributed by atoms with E-state index in [2.05, 4.69) is 4.98 Å². The summed E-state index contributed by atoms with van der Waals surface area (Å²) >= 11 is 5.69. The number of aliphatic hydroxyl groups excluding tert-OH is 1. The number of aromatic carboxylic acids is 1. The molecule has 0 spiro atoms. The number of halogens is 1. The van der Waals surface area contributed by atoms with Gasteiger partial charge in [0.25, 0.3) is 0 Å². The number of carboxylic acid groups (broad SMARTS) is 1. The Labute approximate surface area is 109 Å². The number of hydrogen-bond acceptors (Lipinski definition) is 4. The van der Waals surface area contributed by atoms with Crippen molar-refractivity contribution in [3.8, 4) is 0 Å². The number of aromatic nitrogens is 1. The number of rotatable bonds is 2. The number of nitrogens with zero attached hydrogens (tertiary/aromatic N) is 1. The molecule has 0 aliphatic rings. The molecule has 0 saturated heterocycles. The molecular weight excluding hydrogens is 256 g/mol. The molecule has 6 heteroatoms. The average molecular weight is 269 g/mol. The molecule has 4 N–H and O–H groups in total. The van der Waals surface area contributed by atoms with Crippen molar-refractivity contribution in [3.63, 3.8) is 0 Å². The van der Waals surface area contributed by atoms with Gasteiger partial charge in [0.15, 0.2) is 0 Å². The third-order valence-electron chi connectivity index (χ3n) is 2.05. The third kappa shape index (κ3) is 3.66. The molecule has 0 radical (unpaired) electrons. The molecule has 0 aliphatic carbocycles. The highest BCUT2D eigenvalue weighted by atomic mass is 35.5. The summed E-state index contributed by atoms with van der Waals surface area (Å²) in [7, 11) is 0. The zero-order valence-electron chi connectivity index (χ0n) is 9.51. The van der Waals surface area contributed by atoms with E-state index >= 15 is 0 Å². The van der Waals surface area contributed by atoms with Crippen molar-refractivity contribution in [2.24, 2.45) is 5.73 Å². The second kappa shape index (κ2) is 6.90. The van der Waals surface area contributed by atoms with Crippen molar-refractivity contribution in [2.45, 2.75) is 0 Å². The number of benzene rings is 1. The normalized spacial score (nSPS) is 9.72. The molecule has 2 aromatic rings. The predicted octanol–water partition coefficient (Wildman–Crippen LogP) is 1.52. The first-order valence-corrected chi connectivity index (χ1v) is 5.57. The maximum Gasteiger partial charge on any atom is 0.337 e. The van der Waals surface area contributed by atoms with Crippen LogP contribution in [0.4, 0.5) is 0 Å². The van der Waals surface area contributed by atoms with E-state index in [0.717, 1.165) is 5.39 Å². The summed E-state index contributed by atoms with van der Waals surface area (Å²) in [5, 5.41) is 17.7. The number of pyridine rings is 1. The fourth-order valence-electron chi connectivity index (χ4n) is 1.30. The first-order valence-electron chi connectivity index (χ1n) is 5.19. The minimum absolute atomic E-state index is 0.0972. The topological polar surface area (TPSA) is 96.4 Å². The smallest absolute Gasteiger partial charge is 0.337 e. The fraction of sp³-hybridized carbons (Fsp3) is 0.167. The molecule has 96 valence electrons. The Morgan fingerprint density at radius 2 is 2.00 bits per heavy atom. The summed E-state index contributed by atoms with van der Waals surface area (Å²) in [6, 6.07) is 8.37. The maximum absolute atomic E-state index is 10.8. The molecule has 0 amide bonds. The van der Waals surface area contributed by atoms with Crippen LogP contribution in [0.5, 0.6) is 0 Å². The average Bonchev–Trinajstić information content (AvgIpc) is 2.38. The highest BCUT2D eigenvalue weighted by Gasteiger charge is 2.08. The van der Waals surface area contributed by atoms with E-state index in [9.17, 15) is 4.79 Å². The highest BCUT2D eigenvalue weighted by molar-refractivity contribution is 6.29. The number of nitrogens with two attached hydrogens (primary N) is 1. The van der Waals surface area contributed by atoms with Gasteiger partial charge < -0.3 is 15.9 Å². The Morgan fingerprint density at radius 1 is 1.33 bits per heavy atom. The lowest BCUT2D eigenvalue weighted by Crippen LogP contribution is -2.02. The van der Waals surface area contributed by atoms with Crippen molar-refractivity contribution in [2.75, 3.05) is 13.2 Å². The molecule has 0 saturated carbocycles. The fourth-order valence-corrected chi connectivity index (χ4v) is 1.44. The lowest BCUT2D eigenvalue weighted by atomic mass is 10.1. The van der Waals surface area contributed by atoms with Gasteiger partial charge >= 0.3 is 5.97 Å². The zero-order valence-corrected chi connectivity index (χ0v) is 10.3. The highest BCUT2D eigenvalue weighted by Crippen LogP contribution is 2.19. The van der Waals surface area contributed by atoms with Crippen LogP contribution in [0.2, 0.25) is 5.15 Å². The van der Waals surface area contributed by atoms with Gasteiger partial charge in [-0.3, -0.25) is 0 Å². The van der Waals surface area contributed by atoms with Crippen LogP contribution < -0.4 is 5.73 Å². The Kier molecular flexibility index (Phi) is 5.51. The molecule has 0 fully saturated rings. The van der Waals surface area contributed by atoms with E-state index < -0.39 is 5.97 Å². The maximum atomic E-state index is 10.8. The van der Waals surface area contributed by atoms with Gasteiger partial charge in [-0.2, -0.15) is 0 Å². The zero-order chi connectivity index (χ0) is 13.5. The monoisotopic (exact) mass is 268 g/mol. The van der Waals surface area contributed by atoms with Gasteiger partial charge in [-0.15, -0.1) is 0 Å². The molecule has 0 atom stereocenters. The van der Waals surface area contributed by atoms with E-state index in [0.29, 0.717) is 17.2 Å². The molecule has 18 heavy (non-hydrogen) atoms. The Morgan fingerprint density at radius 3 is 2.56 bits per heavy atom. The summed E-state index contributed by atoms with van der Waals surface area (Å²) in [6.45, 7) is 0.472. The van der Waals surface area contributed by atoms with E-state index in [1.165, 1.54) is 6.07 Å². The predicted molar refractivity (Wildman–Crippen MR) is 69.9 cm³/mol. The van der Waals surface area contributed by atoms with Gasteiger partial charge in [0.1, 0.15) is 5.15 Å². The Hall–Kier alpha value is -1.69. The minimum Gasteiger partial charge on any atom is -0.478 e. The van der Waals surface area contributed by atoms with Crippen LogP contribution in [0.15, 0.2) is 30.3 Å². The first kappa shape index (κ1) is 14.4. The van der Waals surface area contributed by atoms with Gasteiger partial charge in [-0.05, 0) is 18.2 Å². The van der Waals surface area contributed by atoms with Crippen molar-refractivity contribution < 1.29 is 15.0 Å². The van der Waals surface area contributed by atoms with Gasteiger partial charge in [0, 0.05) is 11.9 Å². The van der Waals surface area contributed by atoms with Gasteiger partial charge in [0.05, 0.1) is 17.7 Å². The largest absolute Gasteiger partial charge is 0.478 e. The summed E-state index contributed by atoms with van der Waals surface area (Å²) < 4.78 is 0. The second-order valence-corrected chi connectivity index (χ2v) is 3.72. The SMILES string of the molecule is NCCO.O=C(O)c1cccc2ccc(Cl)nc12. The van der Waals surface area contributed by atoms with Gasteiger partial charge in [0.2, 0.25) is 0 Å². The van der Waals surface area contributed by atoms with Crippen LogP contribution in [0.1, 0.15) is 10.4 Å². The van der Waals surface area contributed by atoms with E-state index in [-0.39, 0.29) is 12.2 Å². The molecular formula is C12H13ClN2O3. The molecule has 1 heterocycles. The quantitative estimate of drug-likeness (QED) is 0.718. The second-order valence-electron chi connectivity index (χ2n) is 3.33. The van der Waals surface area contributed by atoms with Crippen LogP contribution in [0.3, 0.4) is 0 Å². The molecule has 1 aromatic carbocycles. The van der Waals surface area contributed by atoms with Crippen molar-refractivity contribution in [1.29, 1.82) is 0 Å². The van der Waals surface area contributed by atoms with Crippen LogP contribution >= 0.6 is 11.6 Å². The molecule has 2 rings (SSSR count). The number of carbonyl (C=O) groups is 1. The number of hydrogen-bond donors (Lipinski definition) is 3. The van der Waals surface area contributed by atoms with Crippen molar-refractivity contribution >= 4 is 28.5 Å². The summed E-state index contributed by atoms with van der Waals surface area (Å²) in [5.74, 6) is -0.995. The van der Waals surface area contributed by atoms with E-state index in [1.54, 1.807) is 24.3 Å². The van der Waals surface area contributed by atoms with Crippen LogP contribution in [-0.2, 0) is 0 Å². The summed E-state index contributed by atoms with van der Waals surface area (Å²) in [4.78, 5) is 14.8. The Bertz CT molecular complexity index is 544. The number of aliphatic hydroxyl groups is 1. The molecule has 0 aliphatic heterocycles. The van der Waals surface area contributed by atoms with Crippen LogP contribution in [0.25, 0.3) is 10.9 Å². The standard InChI is InChI=1S/C10H6ClNO2.C2H7NO/c11-8-5-4-6-2-1-3-7(10(13)14)9(6)12-8;3-1-2-4/h1-5H,(H,13,14);4H,1-3H2. The number of para-hydroxylation sites is 1. The van der Waals surface area contributed by atoms with Crippen LogP contribution in [0, 0.1) is 0 Å². The molecule has 1 aromatic heterocycles. The van der Waals surface area contributed by atoms with E-state index in [4.69, 9.17) is 27.5 Å². The molecule has 0 unspecified atom stereocenters. The minimum atomic E-state index is -0.995. The molecule has 5 nitrogen and oxygen atoms in total.